The molecule has 1 amide bonds. The highest BCUT2D eigenvalue weighted by Gasteiger charge is 2.20. The molecule has 1 N–H and O–H groups in total. The van der Waals surface area contributed by atoms with Crippen molar-refractivity contribution in [2.24, 2.45) is 0 Å². The standard InChI is InChI=1S/C14H29N3O/c1-4-6-7-13(5-2)16(3)12-14(18)17-10-8-15-9-11-17/h13,15H,4-12H2,1-3H3. The topological polar surface area (TPSA) is 35.6 Å². The zero-order valence-electron chi connectivity index (χ0n) is 12.2. The highest BCUT2D eigenvalue weighted by atomic mass is 16.2. The maximum atomic E-state index is 12.2. The smallest absolute Gasteiger partial charge is 0.236 e. The molecule has 0 radical (unpaired) electrons. The normalized spacial score (nSPS) is 18.1. The summed E-state index contributed by atoms with van der Waals surface area (Å²) in [6.45, 7) is 8.59. The van der Waals surface area contributed by atoms with Gasteiger partial charge in [-0.05, 0) is 19.9 Å². The van der Waals surface area contributed by atoms with Crippen molar-refractivity contribution < 1.29 is 4.79 Å². The Labute approximate surface area is 112 Å². The summed E-state index contributed by atoms with van der Waals surface area (Å²) in [5.41, 5.74) is 0. The third-order valence-electron chi connectivity index (χ3n) is 3.84. The molecule has 4 heteroatoms. The first-order valence-corrected chi connectivity index (χ1v) is 7.37. The molecule has 0 aromatic rings. The number of rotatable bonds is 7. The first kappa shape index (κ1) is 15.4. The van der Waals surface area contributed by atoms with Gasteiger partial charge >= 0.3 is 0 Å². The Morgan fingerprint density at radius 3 is 2.56 bits per heavy atom. The van der Waals surface area contributed by atoms with E-state index in [0.717, 1.165) is 32.6 Å². The number of unbranched alkanes of at least 4 members (excludes halogenated alkanes) is 1. The summed E-state index contributed by atoms with van der Waals surface area (Å²) in [4.78, 5) is 16.4. The quantitative estimate of drug-likeness (QED) is 0.745. The number of hydrogen-bond acceptors (Lipinski definition) is 3. The van der Waals surface area contributed by atoms with Gasteiger partial charge in [0.1, 0.15) is 0 Å². The van der Waals surface area contributed by atoms with Crippen LogP contribution in [0.4, 0.5) is 0 Å². The van der Waals surface area contributed by atoms with Gasteiger partial charge < -0.3 is 10.2 Å². The number of amides is 1. The van der Waals surface area contributed by atoms with Crippen LogP contribution in [0.1, 0.15) is 39.5 Å². The third-order valence-corrected chi connectivity index (χ3v) is 3.84. The van der Waals surface area contributed by atoms with Gasteiger partial charge in [0.15, 0.2) is 0 Å². The zero-order valence-corrected chi connectivity index (χ0v) is 12.2. The minimum absolute atomic E-state index is 0.286. The molecule has 1 rings (SSSR count). The van der Waals surface area contributed by atoms with E-state index >= 15 is 0 Å². The summed E-state index contributed by atoms with van der Waals surface area (Å²) in [7, 11) is 2.09. The molecule has 1 fully saturated rings. The number of nitrogens with one attached hydrogen (secondary N) is 1. The van der Waals surface area contributed by atoms with Crippen molar-refractivity contribution in [1.29, 1.82) is 0 Å². The van der Waals surface area contributed by atoms with Crippen LogP contribution >= 0.6 is 0 Å². The highest BCUT2D eigenvalue weighted by Crippen LogP contribution is 2.11. The van der Waals surface area contributed by atoms with Gasteiger partial charge in [0.05, 0.1) is 6.54 Å². The first-order chi connectivity index (χ1) is 8.69. The summed E-state index contributed by atoms with van der Waals surface area (Å²) in [5.74, 6) is 0.286. The Bertz CT molecular complexity index is 239. The lowest BCUT2D eigenvalue weighted by Crippen LogP contribution is -2.50. The number of piperazine rings is 1. The third kappa shape index (κ3) is 4.94. The second-order valence-corrected chi connectivity index (χ2v) is 5.25. The van der Waals surface area contributed by atoms with E-state index in [1.807, 2.05) is 4.90 Å². The predicted molar refractivity (Wildman–Crippen MR) is 75.7 cm³/mol. The lowest BCUT2D eigenvalue weighted by molar-refractivity contribution is -0.133. The van der Waals surface area contributed by atoms with Crippen LogP contribution in [-0.4, -0.2) is 61.5 Å². The summed E-state index contributed by atoms with van der Waals surface area (Å²) in [6, 6.07) is 0.553. The number of nitrogens with zero attached hydrogens (tertiary/aromatic N) is 2. The van der Waals surface area contributed by atoms with Crippen molar-refractivity contribution in [2.45, 2.75) is 45.6 Å². The molecule has 0 aliphatic carbocycles. The maximum Gasteiger partial charge on any atom is 0.236 e. The van der Waals surface area contributed by atoms with Crippen molar-refractivity contribution in [3.63, 3.8) is 0 Å². The monoisotopic (exact) mass is 255 g/mol. The van der Waals surface area contributed by atoms with Gasteiger partial charge in [-0.1, -0.05) is 26.7 Å². The minimum atomic E-state index is 0.286. The van der Waals surface area contributed by atoms with Gasteiger partial charge in [0, 0.05) is 32.2 Å². The molecule has 0 bridgehead atoms. The molecule has 1 aliphatic rings. The fraction of sp³-hybridized carbons (Fsp3) is 0.929. The number of carbonyl (C=O) groups is 1. The molecule has 1 atom stereocenters. The van der Waals surface area contributed by atoms with Crippen molar-refractivity contribution >= 4 is 5.91 Å². The molecule has 0 saturated carbocycles. The number of hydrogen-bond donors (Lipinski definition) is 1. The van der Waals surface area contributed by atoms with Crippen molar-refractivity contribution in [3.05, 3.63) is 0 Å². The Morgan fingerprint density at radius 1 is 1.33 bits per heavy atom. The minimum Gasteiger partial charge on any atom is -0.339 e. The van der Waals surface area contributed by atoms with Crippen LogP contribution < -0.4 is 5.32 Å². The average molecular weight is 255 g/mol. The second-order valence-electron chi connectivity index (χ2n) is 5.25. The maximum absolute atomic E-state index is 12.2. The molecule has 0 spiro atoms. The molecule has 1 unspecified atom stereocenters. The van der Waals surface area contributed by atoms with Crippen LogP contribution in [0.15, 0.2) is 0 Å². The molecule has 1 saturated heterocycles. The Hall–Kier alpha value is -0.610. The van der Waals surface area contributed by atoms with Crippen LogP contribution in [0, 0.1) is 0 Å². The van der Waals surface area contributed by atoms with E-state index in [1.54, 1.807) is 0 Å². The Morgan fingerprint density at radius 2 is 2.00 bits per heavy atom. The van der Waals surface area contributed by atoms with E-state index in [0.29, 0.717) is 12.6 Å². The summed E-state index contributed by atoms with van der Waals surface area (Å²) in [5, 5.41) is 3.28. The molecule has 18 heavy (non-hydrogen) atoms. The van der Waals surface area contributed by atoms with Crippen LogP contribution in [0.25, 0.3) is 0 Å². The summed E-state index contributed by atoms with van der Waals surface area (Å²) in [6.07, 6.45) is 4.82. The van der Waals surface area contributed by atoms with E-state index in [4.69, 9.17) is 0 Å². The molecule has 0 aromatic heterocycles. The van der Waals surface area contributed by atoms with Crippen molar-refractivity contribution in [1.82, 2.24) is 15.1 Å². The largest absolute Gasteiger partial charge is 0.339 e. The van der Waals surface area contributed by atoms with Crippen molar-refractivity contribution in [2.75, 3.05) is 39.8 Å². The van der Waals surface area contributed by atoms with Crippen LogP contribution in [-0.2, 0) is 4.79 Å². The SMILES string of the molecule is CCCCC(CC)N(C)CC(=O)N1CCNCC1. The van der Waals surface area contributed by atoms with E-state index in [2.05, 4.69) is 31.1 Å². The first-order valence-electron chi connectivity index (χ1n) is 7.37. The van der Waals surface area contributed by atoms with Gasteiger partial charge in [-0.2, -0.15) is 0 Å². The number of carbonyl (C=O) groups excluding carboxylic acids is 1. The molecular formula is C14H29N3O. The van der Waals surface area contributed by atoms with Crippen molar-refractivity contribution in [3.8, 4) is 0 Å². The fourth-order valence-corrected chi connectivity index (χ4v) is 2.53. The van der Waals surface area contributed by atoms with Crippen LogP contribution in [0.2, 0.25) is 0 Å². The van der Waals surface area contributed by atoms with E-state index in [1.165, 1.54) is 19.3 Å². The molecule has 1 aliphatic heterocycles. The summed E-state index contributed by atoms with van der Waals surface area (Å²) >= 11 is 0. The predicted octanol–water partition coefficient (Wildman–Crippen LogP) is 1.32. The number of likely N-dealkylation sites (N-methyl/N-ethyl adjacent to an activating group) is 1. The molecule has 0 aromatic carbocycles. The van der Waals surface area contributed by atoms with Gasteiger partial charge in [0.2, 0.25) is 5.91 Å². The lowest BCUT2D eigenvalue weighted by atomic mass is 10.1. The van der Waals surface area contributed by atoms with Gasteiger partial charge in [-0.15, -0.1) is 0 Å². The van der Waals surface area contributed by atoms with Gasteiger partial charge in [-0.3, -0.25) is 9.69 Å². The summed E-state index contributed by atoms with van der Waals surface area (Å²) < 4.78 is 0. The second kappa shape index (κ2) is 8.48. The highest BCUT2D eigenvalue weighted by molar-refractivity contribution is 5.78. The average Bonchev–Trinajstić information content (AvgIpc) is 2.40. The fourth-order valence-electron chi connectivity index (χ4n) is 2.53. The molecule has 106 valence electrons. The van der Waals surface area contributed by atoms with E-state index < -0.39 is 0 Å². The molecule has 4 nitrogen and oxygen atoms in total. The lowest BCUT2D eigenvalue weighted by Gasteiger charge is -2.32. The molecule has 1 heterocycles. The van der Waals surface area contributed by atoms with Crippen LogP contribution in [0.3, 0.4) is 0 Å². The Balaban J connectivity index is 2.36. The molecular weight excluding hydrogens is 226 g/mol. The van der Waals surface area contributed by atoms with E-state index in [9.17, 15) is 4.79 Å². The van der Waals surface area contributed by atoms with E-state index in [-0.39, 0.29) is 5.91 Å². The van der Waals surface area contributed by atoms with Gasteiger partial charge in [-0.25, -0.2) is 0 Å². The van der Waals surface area contributed by atoms with Crippen LogP contribution in [0.5, 0.6) is 0 Å². The Kier molecular flexibility index (Phi) is 7.28. The van der Waals surface area contributed by atoms with Gasteiger partial charge in [0.25, 0.3) is 0 Å². The zero-order chi connectivity index (χ0) is 13.4.